The summed E-state index contributed by atoms with van der Waals surface area (Å²) in [5.74, 6) is 0.499. The average molecular weight is 407 g/mol. The predicted octanol–water partition coefficient (Wildman–Crippen LogP) is 6.76. The molecule has 1 aliphatic carbocycles. The fraction of sp³-hybridized carbons (Fsp3) is 0.172. The first-order valence-electron chi connectivity index (χ1n) is 10.7. The van der Waals surface area contributed by atoms with Crippen molar-refractivity contribution >= 4 is 0 Å². The van der Waals surface area contributed by atoms with Crippen LogP contribution in [0.2, 0.25) is 0 Å². The quantitative estimate of drug-likeness (QED) is 0.340. The molecule has 0 atom stereocenters. The van der Waals surface area contributed by atoms with Gasteiger partial charge in [0.05, 0.1) is 5.41 Å². The average Bonchev–Trinajstić information content (AvgIpc) is 3.05. The number of rotatable bonds is 2. The van der Waals surface area contributed by atoms with Crippen LogP contribution in [0.4, 0.5) is 0 Å². The zero-order valence-corrected chi connectivity index (χ0v) is 18.1. The highest BCUT2D eigenvalue weighted by Gasteiger charge is 2.46. The Morgan fingerprint density at radius 1 is 0.581 bits per heavy atom. The van der Waals surface area contributed by atoms with Crippen LogP contribution in [0, 0.1) is 0 Å². The van der Waals surface area contributed by atoms with Gasteiger partial charge in [-0.1, -0.05) is 87.5 Å². The summed E-state index contributed by atoms with van der Waals surface area (Å²) in [6, 6.07) is 30.5. The summed E-state index contributed by atoms with van der Waals surface area (Å²) in [6.45, 7) is 6.71. The fourth-order valence-corrected chi connectivity index (χ4v) is 4.96. The van der Waals surface area contributed by atoms with Crippen molar-refractivity contribution in [2.24, 2.45) is 0 Å². The van der Waals surface area contributed by atoms with Gasteiger partial charge < -0.3 is 10.2 Å². The lowest BCUT2D eigenvalue weighted by atomic mass is 9.67. The molecule has 31 heavy (non-hydrogen) atoms. The van der Waals surface area contributed by atoms with Crippen molar-refractivity contribution in [2.45, 2.75) is 31.6 Å². The molecule has 0 radical (unpaired) electrons. The number of fused-ring (bicyclic) bond motifs is 3. The summed E-state index contributed by atoms with van der Waals surface area (Å²) in [7, 11) is 0. The molecule has 4 aromatic rings. The first kappa shape index (κ1) is 19.4. The van der Waals surface area contributed by atoms with E-state index in [1.54, 1.807) is 24.3 Å². The molecule has 0 fully saturated rings. The monoisotopic (exact) mass is 406 g/mol. The second-order valence-electron chi connectivity index (χ2n) is 9.40. The lowest BCUT2D eigenvalue weighted by Crippen LogP contribution is -2.29. The molecule has 1 aliphatic rings. The van der Waals surface area contributed by atoms with Gasteiger partial charge in [-0.25, -0.2) is 0 Å². The Hall–Kier alpha value is -3.52. The van der Waals surface area contributed by atoms with E-state index in [2.05, 4.69) is 63.2 Å². The second-order valence-corrected chi connectivity index (χ2v) is 9.40. The normalized spacial score (nSPS) is 14.2. The minimum absolute atomic E-state index is 0.0133. The van der Waals surface area contributed by atoms with Crippen molar-refractivity contribution in [3.05, 3.63) is 119 Å². The van der Waals surface area contributed by atoms with Crippen LogP contribution in [-0.2, 0) is 10.8 Å². The van der Waals surface area contributed by atoms with Gasteiger partial charge >= 0.3 is 0 Å². The molecule has 4 aromatic carbocycles. The zero-order valence-electron chi connectivity index (χ0n) is 18.1. The number of hydrogen-bond acceptors (Lipinski definition) is 2. The molecule has 2 N–H and O–H groups in total. The molecule has 0 amide bonds. The van der Waals surface area contributed by atoms with Crippen LogP contribution >= 0.6 is 0 Å². The van der Waals surface area contributed by atoms with Crippen LogP contribution < -0.4 is 0 Å². The van der Waals surface area contributed by atoms with Crippen molar-refractivity contribution < 1.29 is 10.2 Å². The van der Waals surface area contributed by atoms with Gasteiger partial charge in [-0.05, 0) is 68.6 Å². The summed E-state index contributed by atoms with van der Waals surface area (Å²) in [5.41, 5.74) is 7.84. The van der Waals surface area contributed by atoms with E-state index >= 15 is 0 Å². The van der Waals surface area contributed by atoms with Crippen LogP contribution in [0.15, 0.2) is 91.0 Å². The third-order valence-corrected chi connectivity index (χ3v) is 6.51. The van der Waals surface area contributed by atoms with E-state index in [1.807, 2.05) is 24.3 Å². The lowest BCUT2D eigenvalue weighted by molar-refractivity contribution is 0.475. The van der Waals surface area contributed by atoms with E-state index in [1.165, 1.54) is 27.8 Å². The number of phenolic OH excluding ortho intramolecular Hbond substituents is 2. The molecule has 0 saturated heterocycles. The number of benzene rings is 4. The van der Waals surface area contributed by atoms with Crippen molar-refractivity contribution in [2.75, 3.05) is 0 Å². The smallest absolute Gasteiger partial charge is 0.115 e. The van der Waals surface area contributed by atoms with E-state index in [-0.39, 0.29) is 16.9 Å². The number of hydrogen-bond donors (Lipinski definition) is 2. The Bertz CT molecular complexity index is 1210. The molecule has 0 bridgehead atoms. The Morgan fingerprint density at radius 2 is 1.10 bits per heavy atom. The topological polar surface area (TPSA) is 40.5 Å². The van der Waals surface area contributed by atoms with Crippen LogP contribution in [0.25, 0.3) is 11.1 Å². The molecule has 0 spiro atoms. The molecule has 5 rings (SSSR count). The lowest BCUT2D eigenvalue weighted by Gasteiger charge is -2.34. The summed E-state index contributed by atoms with van der Waals surface area (Å²) in [4.78, 5) is 0. The first-order chi connectivity index (χ1) is 14.8. The van der Waals surface area contributed by atoms with Gasteiger partial charge in [0.15, 0.2) is 0 Å². The van der Waals surface area contributed by atoms with Crippen molar-refractivity contribution in [3.8, 4) is 22.6 Å². The summed E-state index contributed by atoms with van der Waals surface area (Å²) >= 11 is 0. The third-order valence-electron chi connectivity index (χ3n) is 6.51. The Labute approximate surface area is 183 Å². The van der Waals surface area contributed by atoms with Gasteiger partial charge in [-0.3, -0.25) is 0 Å². The summed E-state index contributed by atoms with van der Waals surface area (Å²) < 4.78 is 0. The summed E-state index contributed by atoms with van der Waals surface area (Å²) in [6.07, 6.45) is 0. The molecule has 154 valence electrons. The van der Waals surface area contributed by atoms with Crippen molar-refractivity contribution in [1.29, 1.82) is 0 Å². The first-order valence-corrected chi connectivity index (χ1v) is 10.7. The third kappa shape index (κ3) is 2.86. The van der Waals surface area contributed by atoms with Gasteiger partial charge in [-0.2, -0.15) is 0 Å². The molecular weight excluding hydrogens is 380 g/mol. The van der Waals surface area contributed by atoms with E-state index in [0.29, 0.717) is 0 Å². The highest BCUT2D eigenvalue weighted by atomic mass is 16.3. The maximum absolute atomic E-state index is 10.00. The molecule has 2 heteroatoms. The van der Waals surface area contributed by atoms with Crippen LogP contribution in [0.5, 0.6) is 11.5 Å². The van der Waals surface area contributed by atoms with Crippen LogP contribution in [-0.4, -0.2) is 10.2 Å². The maximum Gasteiger partial charge on any atom is 0.115 e. The van der Waals surface area contributed by atoms with Gasteiger partial charge in [0.25, 0.3) is 0 Å². The van der Waals surface area contributed by atoms with Crippen molar-refractivity contribution in [1.82, 2.24) is 0 Å². The standard InChI is InChI=1S/C29H26O2/c1-28(2,3)21-12-17-25-24-6-4-5-7-26(24)29(27(25)18-21,19-8-13-22(30)14-9-19)20-10-15-23(31)16-11-20/h4-18,30-31H,1-3H3. The highest BCUT2D eigenvalue weighted by Crippen LogP contribution is 2.56. The van der Waals surface area contributed by atoms with E-state index < -0.39 is 5.41 Å². The van der Waals surface area contributed by atoms with Crippen LogP contribution in [0.3, 0.4) is 0 Å². The minimum atomic E-state index is -0.533. The van der Waals surface area contributed by atoms with E-state index in [9.17, 15) is 10.2 Å². The molecule has 0 heterocycles. The van der Waals surface area contributed by atoms with E-state index in [0.717, 1.165) is 11.1 Å². The van der Waals surface area contributed by atoms with Gasteiger partial charge in [0.1, 0.15) is 11.5 Å². The van der Waals surface area contributed by atoms with Crippen LogP contribution in [0.1, 0.15) is 48.6 Å². The van der Waals surface area contributed by atoms with Gasteiger partial charge in [-0.15, -0.1) is 0 Å². The van der Waals surface area contributed by atoms with E-state index in [4.69, 9.17) is 0 Å². The molecule has 0 saturated carbocycles. The van der Waals surface area contributed by atoms with Gasteiger partial charge in [0.2, 0.25) is 0 Å². The maximum atomic E-state index is 10.00. The second kappa shape index (κ2) is 6.75. The molecule has 2 nitrogen and oxygen atoms in total. The van der Waals surface area contributed by atoms with Gasteiger partial charge in [0, 0.05) is 0 Å². The number of aromatic hydroxyl groups is 2. The molecule has 0 unspecified atom stereocenters. The Kier molecular flexibility index (Phi) is 4.23. The molecular formula is C29H26O2. The number of phenols is 2. The zero-order chi connectivity index (χ0) is 21.8. The highest BCUT2D eigenvalue weighted by molar-refractivity contribution is 5.86. The SMILES string of the molecule is CC(C)(C)c1ccc2c(c1)C(c1ccc(O)cc1)(c1ccc(O)cc1)c1ccccc1-2. The Balaban J connectivity index is 1.94. The largest absolute Gasteiger partial charge is 0.508 e. The molecule has 0 aliphatic heterocycles. The van der Waals surface area contributed by atoms with Crippen molar-refractivity contribution in [3.63, 3.8) is 0 Å². The Morgan fingerprint density at radius 3 is 1.65 bits per heavy atom. The predicted molar refractivity (Wildman–Crippen MR) is 126 cm³/mol. The summed E-state index contributed by atoms with van der Waals surface area (Å²) in [5, 5.41) is 20.0. The fourth-order valence-electron chi connectivity index (χ4n) is 4.96. The minimum Gasteiger partial charge on any atom is -0.508 e. The molecule has 0 aromatic heterocycles.